The largest absolute Gasteiger partial charge is 0.433 e. The summed E-state index contributed by atoms with van der Waals surface area (Å²) in [5, 5.41) is 8.81. The van der Waals surface area contributed by atoms with Gasteiger partial charge in [-0.15, -0.1) is 0 Å². The lowest BCUT2D eigenvalue weighted by atomic mass is 10.2. The summed E-state index contributed by atoms with van der Waals surface area (Å²) in [6.07, 6.45) is -1.95. The number of pyridine rings is 1. The summed E-state index contributed by atoms with van der Waals surface area (Å²) in [7, 11) is 0. The van der Waals surface area contributed by atoms with Crippen LogP contribution >= 0.6 is 0 Å². The zero-order chi connectivity index (χ0) is 12.5. The number of nitrogens with zero attached hydrogens (tertiary/aromatic N) is 2. The van der Waals surface area contributed by atoms with Gasteiger partial charge in [0.25, 0.3) is 0 Å². The maximum Gasteiger partial charge on any atom is 0.433 e. The molecule has 2 heterocycles. The number of halogens is 3. The SMILES string of the molecule is OCc1cnc(-c2ccc(C(F)(F)F)nc2)[nH]1. The Balaban J connectivity index is 2.29. The molecule has 0 aliphatic heterocycles. The summed E-state index contributed by atoms with van der Waals surface area (Å²) in [5.41, 5.74) is -0.0345. The van der Waals surface area contributed by atoms with E-state index in [1.54, 1.807) is 0 Å². The van der Waals surface area contributed by atoms with Gasteiger partial charge in [0.2, 0.25) is 0 Å². The van der Waals surface area contributed by atoms with E-state index in [-0.39, 0.29) is 6.61 Å². The lowest BCUT2D eigenvalue weighted by molar-refractivity contribution is -0.141. The molecule has 0 amide bonds. The van der Waals surface area contributed by atoms with Crippen molar-refractivity contribution in [3.63, 3.8) is 0 Å². The van der Waals surface area contributed by atoms with Gasteiger partial charge >= 0.3 is 6.18 Å². The second kappa shape index (κ2) is 4.17. The zero-order valence-corrected chi connectivity index (χ0v) is 8.49. The van der Waals surface area contributed by atoms with Crippen molar-refractivity contribution in [3.8, 4) is 11.4 Å². The van der Waals surface area contributed by atoms with Crippen LogP contribution in [0.15, 0.2) is 24.5 Å². The summed E-state index contributed by atoms with van der Waals surface area (Å²) in [4.78, 5) is 9.98. The molecule has 0 aromatic carbocycles. The molecule has 0 aliphatic rings. The number of H-pyrrole nitrogens is 1. The molecule has 4 nitrogen and oxygen atoms in total. The molecule has 0 atom stereocenters. The number of aliphatic hydroxyl groups excluding tert-OH is 1. The third kappa shape index (κ3) is 2.44. The minimum absolute atomic E-state index is 0.207. The molecule has 0 unspecified atom stereocenters. The molecular weight excluding hydrogens is 235 g/mol. The Morgan fingerprint density at radius 2 is 1.94 bits per heavy atom. The predicted octanol–water partition coefficient (Wildman–Crippen LogP) is 1.98. The third-order valence-electron chi connectivity index (χ3n) is 2.13. The average molecular weight is 243 g/mol. The molecular formula is C10H8F3N3O. The monoisotopic (exact) mass is 243 g/mol. The second-order valence-corrected chi connectivity index (χ2v) is 3.35. The van der Waals surface area contributed by atoms with E-state index in [1.165, 1.54) is 12.3 Å². The summed E-state index contributed by atoms with van der Waals surface area (Å²) >= 11 is 0. The van der Waals surface area contributed by atoms with E-state index in [9.17, 15) is 13.2 Å². The molecule has 2 aromatic heterocycles. The Bertz CT molecular complexity index is 504. The number of aromatic amines is 1. The lowest BCUT2D eigenvalue weighted by Gasteiger charge is -2.05. The molecule has 0 saturated carbocycles. The molecule has 17 heavy (non-hydrogen) atoms. The van der Waals surface area contributed by atoms with Crippen LogP contribution < -0.4 is 0 Å². The van der Waals surface area contributed by atoms with Crippen LogP contribution in [0.25, 0.3) is 11.4 Å². The van der Waals surface area contributed by atoms with E-state index in [1.807, 2.05) is 0 Å². The minimum atomic E-state index is -4.45. The van der Waals surface area contributed by atoms with Gasteiger partial charge in [-0.25, -0.2) is 4.98 Å². The first-order chi connectivity index (χ1) is 8.00. The van der Waals surface area contributed by atoms with Crippen molar-refractivity contribution in [2.45, 2.75) is 12.8 Å². The maximum absolute atomic E-state index is 12.3. The highest BCUT2D eigenvalue weighted by molar-refractivity contribution is 5.53. The summed E-state index contributed by atoms with van der Waals surface area (Å²) < 4.78 is 36.8. The molecule has 0 saturated heterocycles. The zero-order valence-electron chi connectivity index (χ0n) is 8.49. The lowest BCUT2D eigenvalue weighted by Crippen LogP contribution is -2.07. The maximum atomic E-state index is 12.3. The van der Waals surface area contributed by atoms with Gasteiger partial charge in [-0.1, -0.05) is 0 Å². The normalized spacial score (nSPS) is 11.8. The highest BCUT2D eigenvalue weighted by Crippen LogP contribution is 2.28. The van der Waals surface area contributed by atoms with Crippen molar-refractivity contribution in [1.29, 1.82) is 0 Å². The highest BCUT2D eigenvalue weighted by Gasteiger charge is 2.32. The van der Waals surface area contributed by atoms with E-state index in [0.717, 1.165) is 12.3 Å². The van der Waals surface area contributed by atoms with Crippen molar-refractivity contribution in [2.24, 2.45) is 0 Å². The smallest absolute Gasteiger partial charge is 0.390 e. The van der Waals surface area contributed by atoms with Gasteiger partial charge in [-0.05, 0) is 12.1 Å². The van der Waals surface area contributed by atoms with Crippen molar-refractivity contribution in [1.82, 2.24) is 15.0 Å². The number of rotatable bonds is 2. The van der Waals surface area contributed by atoms with Gasteiger partial charge in [0.05, 0.1) is 18.5 Å². The Labute approximate surface area is 94.2 Å². The number of alkyl halides is 3. The van der Waals surface area contributed by atoms with Crippen LogP contribution in [0.5, 0.6) is 0 Å². The summed E-state index contributed by atoms with van der Waals surface area (Å²) in [6.45, 7) is -0.207. The summed E-state index contributed by atoms with van der Waals surface area (Å²) in [5.74, 6) is 0.371. The molecule has 7 heteroatoms. The fourth-order valence-electron chi connectivity index (χ4n) is 1.29. The summed E-state index contributed by atoms with van der Waals surface area (Å²) in [6, 6.07) is 2.16. The van der Waals surface area contributed by atoms with Gasteiger partial charge in [0.15, 0.2) is 0 Å². The van der Waals surface area contributed by atoms with Crippen molar-refractivity contribution >= 4 is 0 Å². The molecule has 0 radical (unpaired) electrons. The van der Waals surface area contributed by atoms with Crippen molar-refractivity contribution in [3.05, 3.63) is 35.9 Å². The van der Waals surface area contributed by atoms with Gasteiger partial charge in [-0.3, -0.25) is 4.98 Å². The molecule has 2 rings (SSSR count). The minimum Gasteiger partial charge on any atom is -0.390 e. The van der Waals surface area contributed by atoms with Crippen LogP contribution in [0.2, 0.25) is 0 Å². The van der Waals surface area contributed by atoms with E-state index in [4.69, 9.17) is 5.11 Å². The van der Waals surface area contributed by atoms with Crippen molar-refractivity contribution in [2.75, 3.05) is 0 Å². The number of aromatic nitrogens is 3. The first-order valence-electron chi connectivity index (χ1n) is 4.69. The fraction of sp³-hybridized carbons (Fsp3) is 0.200. The molecule has 0 fully saturated rings. The average Bonchev–Trinajstić information content (AvgIpc) is 2.76. The van der Waals surface area contributed by atoms with Gasteiger partial charge < -0.3 is 10.1 Å². The van der Waals surface area contributed by atoms with Crippen LogP contribution in [-0.4, -0.2) is 20.1 Å². The first-order valence-corrected chi connectivity index (χ1v) is 4.69. The van der Waals surface area contributed by atoms with E-state index < -0.39 is 11.9 Å². The standard InChI is InChI=1S/C10H8F3N3O/c11-10(12,13)8-2-1-6(3-14-8)9-15-4-7(5-17)16-9/h1-4,17H,5H2,(H,15,16). The molecule has 0 spiro atoms. The Hall–Kier alpha value is -1.89. The molecule has 0 bridgehead atoms. The Kier molecular flexibility index (Phi) is 2.84. The van der Waals surface area contributed by atoms with Gasteiger partial charge in [-0.2, -0.15) is 13.2 Å². The van der Waals surface area contributed by atoms with Crippen LogP contribution in [0.4, 0.5) is 13.2 Å². The number of imidazole rings is 1. The van der Waals surface area contributed by atoms with Crippen LogP contribution in [-0.2, 0) is 12.8 Å². The number of hydrogen-bond donors (Lipinski definition) is 2. The molecule has 0 aliphatic carbocycles. The third-order valence-corrected chi connectivity index (χ3v) is 2.13. The van der Waals surface area contributed by atoms with Crippen LogP contribution in [0.1, 0.15) is 11.4 Å². The number of nitrogens with one attached hydrogen (secondary N) is 1. The van der Waals surface area contributed by atoms with Gasteiger partial charge in [0.1, 0.15) is 11.5 Å². The highest BCUT2D eigenvalue weighted by atomic mass is 19.4. The van der Waals surface area contributed by atoms with E-state index >= 15 is 0 Å². The second-order valence-electron chi connectivity index (χ2n) is 3.35. The fourth-order valence-corrected chi connectivity index (χ4v) is 1.29. The molecule has 2 aromatic rings. The Morgan fingerprint density at radius 1 is 1.18 bits per heavy atom. The van der Waals surface area contributed by atoms with Crippen LogP contribution in [0.3, 0.4) is 0 Å². The first kappa shape index (κ1) is 11.6. The predicted molar refractivity (Wildman–Crippen MR) is 52.7 cm³/mol. The molecule has 2 N–H and O–H groups in total. The topological polar surface area (TPSA) is 61.8 Å². The molecule has 90 valence electrons. The number of hydrogen-bond acceptors (Lipinski definition) is 3. The van der Waals surface area contributed by atoms with Gasteiger partial charge in [0, 0.05) is 11.8 Å². The van der Waals surface area contributed by atoms with Crippen LogP contribution in [0, 0.1) is 0 Å². The van der Waals surface area contributed by atoms with E-state index in [0.29, 0.717) is 17.1 Å². The Morgan fingerprint density at radius 3 is 2.41 bits per heavy atom. The number of aliphatic hydroxyl groups is 1. The van der Waals surface area contributed by atoms with Crippen molar-refractivity contribution < 1.29 is 18.3 Å². The van der Waals surface area contributed by atoms with E-state index in [2.05, 4.69) is 15.0 Å². The quantitative estimate of drug-likeness (QED) is 0.847.